The second kappa shape index (κ2) is 12.2. The van der Waals surface area contributed by atoms with Gasteiger partial charge in [0.1, 0.15) is 5.75 Å². The van der Waals surface area contributed by atoms with Crippen molar-refractivity contribution in [1.29, 1.82) is 0 Å². The molecule has 2 aromatic heterocycles. The quantitative estimate of drug-likeness (QED) is 0.137. The molecule has 43 heavy (non-hydrogen) atoms. The van der Waals surface area contributed by atoms with E-state index in [2.05, 4.69) is 21.7 Å². The lowest BCUT2D eigenvalue weighted by molar-refractivity contribution is -0.384. The number of hydrogen-bond donors (Lipinski definition) is 2. The van der Waals surface area contributed by atoms with Gasteiger partial charge in [-0.25, -0.2) is 0 Å². The number of thiocarbonyl (C=S) groups is 1. The first kappa shape index (κ1) is 29.7. The molecule has 4 aromatic rings. The van der Waals surface area contributed by atoms with Crippen LogP contribution in [0.15, 0.2) is 66.9 Å². The SMILES string of the molecule is COc1ccc([N+](=O)[O-])cc1-n1c(C)cc([C@@H]2[C@@H](c3ccccn3)NC(=S)N2CCC(=O)Nc2cc(C)ccc2C)c1C. The molecule has 2 atom stereocenters. The Morgan fingerprint density at radius 3 is 2.60 bits per heavy atom. The smallest absolute Gasteiger partial charge is 0.271 e. The summed E-state index contributed by atoms with van der Waals surface area (Å²) in [6.45, 7) is 8.26. The molecule has 1 aliphatic rings. The minimum atomic E-state index is -0.417. The molecule has 222 valence electrons. The number of carbonyl (C=O) groups is 1. The third-order valence-electron chi connectivity index (χ3n) is 7.85. The summed E-state index contributed by atoms with van der Waals surface area (Å²) in [5.74, 6) is 0.406. The molecule has 0 bridgehead atoms. The van der Waals surface area contributed by atoms with E-state index in [0.29, 0.717) is 23.1 Å². The number of methoxy groups -OCH3 is 1. The molecular weight excluding hydrogens is 564 g/mol. The van der Waals surface area contributed by atoms with E-state index < -0.39 is 4.92 Å². The zero-order valence-corrected chi connectivity index (χ0v) is 25.6. The van der Waals surface area contributed by atoms with Crippen LogP contribution in [0.4, 0.5) is 11.4 Å². The predicted molar refractivity (Wildman–Crippen MR) is 170 cm³/mol. The number of non-ortho nitro benzene ring substituents is 1. The second-order valence-corrected chi connectivity index (χ2v) is 11.1. The number of aromatic nitrogens is 2. The fourth-order valence-corrected chi connectivity index (χ4v) is 6.05. The van der Waals surface area contributed by atoms with Crippen LogP contribution < -0.4 is 15.4 Å². The molecule has 0 saturated carbocycles. The first-order valence-corrected chi connectivity index (χ1v) is 14.4. The van der Waals surface area contributed by atoms with Crippen molar-refractivity contribution in [2.24, 2.45) is 0 Å². The first-order valence-electron chi connectivity index (χ1n) is 14.0. The molecule has 1 aliphatic heterocycles. The van der Waals surface area contributed by atoms with Crippen LogP contribution in [0.1, 0.15) is 52.3 Å². The first-order chi connectivity index (χ1) is 20.6. The number of nitro benzene ring substituents is 1. The maximum Gasteiger partial charge on any atom is 0.271 e. The Hall–Kier alpha value is -4.77. The molecule has 10 nitrogen and oxygen atoms in total. The lowest BCUT2D eigenvalue weighted by Crippen LogP contribution is -2.33. The van der Waals surface area contributed by atoms with Gasteiger partial charge in [-0.2, -0.15) is 0 Å². The van der Waals surface area contributed by atoms with Crippen molar-refractivity contribution < 1.29 is 14.5 Å². The number of ether oxygens (including phenoxy) is 1. The zero-order chi connectivity index (χ0) is 30.8. The predicted octanol–water partition coefficient (Wildman–Crippen LogP) is 6.02. The van der Waals surface area contributed by atoms with Gasteiger partial charge in [-0.05, 0) is 86.9 Å². The van der Waals surface area contributed by atoms with Crippen molar-refractivity contribution in [2.75, 3.05) is 19.0 Å². The van der Waals surface area contributed by atoms with Crippen LogP contribution in [0.25, 0.3) is 5.69 Å². The van der Waals surface area contributed by atoms with E-state index in [1.807, 2.05) is 73.6 Å². The maximum absolute atomic E-state index is 13.1. The normalized spacial score (nSPS) is 16.2. The van der Waals surface area contributed by atoms with Crippen molar-refractivity contribution >= 4 is 34.6 Å². The average molecular weight is 599 g/mol. The number of rotatable bonds is 9. The van der Waals surface area contributed by atoms with Gasteiger partial charge in [-0.3, -0.25) is 19.9 Å². The fraction of sp³-hybridized carbons (Fsp3) is 0.281. The van der Waals surface area contributed by atoms with Gasteiger partial charge in [0.15, 0.2) is 5.11 Å². The van der Waals surface area contributed by atoms with Crippen LogP contribution in [0.5, 0.6) is 5.75 Å². The molecule has 0 unspecified atom stereocenters. The van der Waals surface area contributed by atoms with E-state index in [1.54, 1.807) is 19.4 Å². The van der Waals surface area contributed by atoms with E-state index in [1.165, 1.54) is 12.1 Å². The molecule has 1 fully saturated rings. The van der Waals surface area contributed by atoms with Crippen LogP contribution in [0.3, 0.4) is 0 Å². The number of anilines is 1. The largest absolute Gasteiger partial charge is 0.495 e. The number of hydrogen-bond acceptors (Lipinski definition) is 6. The summed E-state index contributed by atoms with van der Waals surface area (Å²) in [6.07, 6.45) is 1.97. The molecule has 2 aromatic carbocycles. The summed E-state index contributed by atoms with van der Waals surface area (Å²) in [5.41, 5.74) is 6.92. The highest BCUT2D eigenvalue weighted by Crippen LogP contribution is 2.42. The van der Waals surface area contributed by atoms with Crippen molar-refractivity contribution in [3.05, 3.63) is 111 Å². The van der Waals surface area contributed by atoms with E-state index >= 15 is 0 Å². The molecule has 0 spiro atoms. The Bertz CT molecular complexity index is 1700. The third-order valence-corrected chi connectivity index (χ3v) is 8.20. The Morgan fingerprint density at radius 2 is 1.91 bits per heavy atom. The Morgan fingerprint density at radius 1 is 1.12 bits per heavy atom. The summed E-state index contributed by atoms with van der Waals surface area (Å²) in [5, 5.41) is 18.6. The minimum absolute atomic E-state index is 0.0311. The molecule has 1 saturated heterocycles. The number of pyridine rings is 1. The van der Waals surface area contributed by atoms with Gasteiger partial charge >= 0.3 is 0 Å². The standard InChI is InChI=1S/C32H34N6O4S/c1-19-9-10-20(2)26(16-19)34-29(39)13-15-36-31(30(35-32(36)43)25-8-6-7-14-33-25)24-17-21(3)37(22(24)4)27-18-23(38(40)41)11-12-28(27)42-5/h6-12,14,16-18,30-31H,13,15H2,1-5H3,(H,34,39)(H,35,43)/t30-,31-/m1/s1. The fourth-order valence-electron chi connectivity index (χ4n) is 5.71. The summed E-state index contributed by atoms with van der Waals surface area (Å²) in [6, 6.07) is 17.8. The molecule has 11 heteroatoms. The van der Waals surface area contributed by atoms with Gasteiger partial charge in [-0.1, -0.05) is 18.2 Å². The Kier molecular flexibility index (Phi) is 8.45. The van der Waals surface area contributed by atoms with Crippen molar-refractivity contribution in [1.82, 2.24) is 19.8 Å². The molecule has 0 radical (unpaired) electrons. The number of amides is 1. The summed E-state index contributed by atoms with van der Waals surface area (Å²) < 4.78 is 7.56. The Labute approximate surface area is 255 Å². The number of nitro groups is 1. The van der Waals surface area contributed by atoms with Gasteiger partial charge in [-0.15, -0.1) is 0 Å². The van der Waals surface area contributed by atoms with E-state index in [9.17, 15) is 14.9 Å². The molecule has 1 amide bonds. The highest BCUT2D eigenvalue weighted by Gasteiger charge is 2.41. The van der Waals surface area contributed by atoms with Crippen LogP contribution in [0.2, 0.25) is 0 Å². The number of aryl methyl sites for hydroxylation is 3. The van der Waals surface area contributed by atoms with E-state index in [-0.39, 0.29) is 30.1 Å². The third kappa shape index (κ3) is 5.94. The molecule has 2 N–H and O–H groups in total. The van der Waals surface area contributed by atoms with Crippen LogP contribution in [0, 0.1) is 37.8 Å². The number of carbonyl (C=O) groups excluding carboxylic acids is 1. The Balaban J connectivity index is 1.52. The second-order valence-electron chi connectivity index (χ2n) is 10.7. The van der Waals surface area contributed by atoms with Crippen molar-refractivity contribution in [3.8, 4) is 11.4 Å². The van der Waals surface area contributed by atoms with E-state index in [4.69, 9.17) is 17.0 Å². The zero-order valence-electron chi connectivity index (χ0n) is 24.7. The van der Waals surface area contributed by atoms with Gasteiger partial charge < -0.3 is 24.8 Å². The lowest BCUT2D eigenvalue weighted by Gasteiger charge is -2.28. The van der Waals surface area contributed by atoms with Gasteiger partial charge in [0, 0.05) is 48.4 Å². The van der Waals surface area contributed by atoms with Gasteiger partial charge in [0.05, 0.1) is 35.5 Å². The average Bonchev–Trinajstić information content (AvgIpc) is 3.47. The van der Waals surface area contributed by atoms with Crippen LogP contribution in [-0.2, 0) is 4.79 Å². The number of nitrogens with one attached hydrogen (secondary N) is 2. The van der Waals surface area contributed by atoms with Gasteiger partial charge in [0.25, 0.3) is 5.69 Å². The summed E-state index contributed by atoms with van der Waals surface area (Å²) in [7, 11) is 1.54. The molecule has 0 aliphatic carbocycles. The highest BCUT2D eigenvalue weighted by atomic mass is 32.1. The minimum Gasteiger partial charge on any atom is -0.495 e. The molecule has 5 rings (SSSR count). The molecule has 3 heterocycles. The topological polar surface area (TPSA) is 115 Å². The monoisotopic (exact) mass is 598 g/mol. The summed E-state index contributed by atoms with van der Waals surface area (Å²) in [4.78, 5) is 31.0. The van der Waals surface area contributed by atoms with Crippen LogP contribution in [-0.4, -0.2) is 44.0 Å². The number of nitrogens with zero attached hydrogens (tertiary/aromatic N) is 4. The number of benzene rings is 2. The maximum atomic E-state index is 13.1. The highest BCUT2D eigenvalue weighted by molar-refractivity contribution is 7.80. The van der Waals surface area contributed by atoms with Crippen molar-refractivity contribution in [3.63, 3.8) is 0 Å². The molecular formula is C32H34N6O4S. The lowest BCUT2D eigenvalue weighted by atomic mass is 9.96. The van der Waals surface area contributed by atoms with E-state index in [0.717, 1.165) is 39.5 Å². The van der Waals surface area contributed by atoms with Gasteiger partial charge in [0.2, 0.25) is 5.91 Å². The van der Waals surface area contributed by atoms with Crippen LogP contribution >= 0.6 is 12.2 Å². The summed E-state index contributed by atoms with van der Waals surface area (Å²) >= 11 is 5.83. The van der Waals surface area contributed by atoms with Crippen molar-refractivity contribution in [2.45, 2.75) is 46.2 Å².